The number of fused-ring (bicyclic) bond motifs is 1. The Morgan fingerprint density at radius 1 is 0.929 bits per heavy atom. The van der Waals surface area contributed by atoms with E-state index in [4.69, 9.17) is 4.74 Å². The SMILES string of the molecule is O=C(COC(=O)c1ccc(-c2nc3ccccc3s2)s1)NCc1ccccc1. The van der Waals surface area contributed by atoms with Gasteiger partial charge in [0.15, 0.2) is 6.61 Å². The van der Waals surface area contributed by atoms with Crippen LogP contribution in [0.3, 0.4) is 0 Å². The maximum Gasteiger partial charge on any atom is 0.348 e. The number of aromatic nitrogens is 1. The van der Waals surface area contributed by atoms with Crippen molar-refractivity contribution in [1.82, 2.24) is 10.3 Å². The highest BCUT2D eigenvalue weighted by Gasteiger charge is 2.15. The molecule has 0 atom stereocenters. The summed E-state index contributed by atoms with van der Waals surface area (Å²) in [6.45, 7) is 0.0953. The molecule has 0 unspecified atom stereocenters. The number of thiazole rings is 1. The number of nitrogens with zero attached hydrogens (tertiary/aromatic N) is 1. The smallest absolute Gasteiger partial charge is 0.348 e. The van der Waals surface area contributed by atoms with Crippen LogP contribution in [0.2, 0.25) is 0 Å². The first-order chi connectivity index (χ1) is 13.7. The van der Waals surface area contributed by atoms with Gasteiger partial charge in [-0.3, -0.25) is 4.79 Å². The van der Waals surface area contributed by atoms with E-state index >= 15 is 0 Å². The molecule has 0 aliphatic rings. The predicted molar refractivity (Wildman–Crippen MR) is 112 cm³/mol. The summed E-state index contributed by atoms with van der Waals surface area (Å²) in [6.07, 6.45) is 0. The van der Waals surface area contributed by atoms with Crippen LogP contribution in [0.25, 0.3) is 20.1 Å². The molecule has 1 N–H and O–H groups in total. The molecule has 140 valence electrons. The van der Waals surface area contributed by atoms with E-state index in [9.17, 15) is 9.59 Å². The number of para-hydroxylation sites is 1. The Kier molecular flexibility index (Phi) is 5.45. The standard InChI is InChI=1S/C21H16N2O3S2/c24-19(22-12-14-6-2-1-3-7-14)13-26-21(25)18-11-10-17(27-18)20-23-15-8-4-5-9-16(15)28-20/h1-11H,12-13H2,(H,22,24). The Hall–Kier alpha value is -3.03. The molecule has 0 aliphatic heterocycles. The largest absolute Gasteiger partial charge is 0.451 e. The number of nitrogens with one attached hydrogen (secondary N) is 1. The molecule has 0 fully saturated rings. The maximum absolute atomic E-state index is 12.2. The molecule has 7 heteroatoms. The molecular formula is C21H16N2O3S2. The summed E-state index contributed by atoms with van der Waals surface area (Å²) in [5, 5.41) is 3.60. The molecule has 0 aliphatic carbocycles. The fraction of sp³-hybridized carbons (Fsp3) is 0.0952. The summed E-state index contributed by atoms with van der Waals surface area (Å²) in [7, 11) is 0. The van der Waals surface area contributed by atoms with Crippen molar-refractivity contribution >= 4 is 44.8 Å². The zero-order chi connectivity index (χ0) is 19.3. The second-order valence-electron chi connectivity index (χ2n) is 5.99. The minimum absolute atomic E-state index is 0.306. The number of hydrogen-bond donors (Lipinski definition) is 1. The van der Waals surface area contributed by atoms with Gasteiger partial charge in [-0.05, 0) is 29.8 Å². The lowest BCUT2D eigenvalue weighted by atomic mass is 10.2. The molecule has 0 bridgehead atoms. The van der Waals surface area contributed by atoms with Gasteiger partial charge >= 0.3 is 5.97 Å². The van der Waals surface area contributed by atoms with Gasteiger partial charge in [0.1, 0.15) is 9.88 Å². The van der Waals surface area contributed by atoms with Crippen molar-refractivity contribution in [1.29, 1.82) is 0 Å². The number of amides is 1. The molecule has 2 aromatic heterocycles. The lowest BCUT2D eigenvalue weighted by molar-refractivity contribution is -0.124. The molecule has 28 heavy (non-hydrogen) atoms. The van der Waals surface area contributed by atoms with Gasteiger partial charge in [0.05, 0.1) is 15.1 Å². The van der Waals surface area contributed by atoms with Crippen LogP contribution in [0.5, 0.6) is 0 Å². The van der Waals surface area contributed by atoms with Crippen LogP contribution in [-0.4, -0.2) is 23.5 Å². The van der Waals surface area contributed by atoms with Gasteiger partial charge < -0.3 is 10.1 Å². The summed E-state index contributed by atoms with van der Waals surface area (Å²) in [6, 6.07) is 21.0. The molecule has 0 saturated carbocycles. The summed E-state index contributed by atoms with van der Waals surface area (Å²) < 4.78 is 6.23. The first-order valence-corrected chi connectivity index (χ1v) is 10.3. The van der Waals surface area contributed by atoms with E-state index in [1.807, 2.05) is 60.7 Å². The average molecular weight is 409 g/mol. The molecule has 0 saturated heterocycles. The highest BCUT2D eigenvalue weighted by atomic mass is 32.1. The van der Waals surface area contributed by atoms with Gasteiger partial charge in [-0.2, -0.15) is 0 Å². The Balaban J connectivity index is 1.33. The lowest BCUT2D eigenvalue weighted by Gasteiger charge is -2.05. The molecule has 4 rings (SSSR count). The third-order valence-corrected chi connectivity index (χ3v) is 6.25. The van der Waals surface area contributed by atoms with E-state index < -0.39 is 5.97 Å². The predicted octanol–water partition coefficient (Wildman–Crippen LogP) is 4.50. The van der Waals surface area contributed by atoms with E-state index in [2.05, 4.69) is 10.3 Å². The number of carbonyl (C=O) groups is 2. The average Bonchev–Trinajstić information content (AvgIpc) is 3.38. The van der Waals surface area contributed by atoms with Crippen molar-refractivity contribution in [3.05, 3.63) is 77.2 Å². The molecule has 5 nitrogen and oxygen atoms in total. The summed E-state index contributed by atoms with van der Waals surface area (Å²) in [4.78, 5) is 30.1. The molecule has 4 aromatic rings. The van der Waals surface area contributed by atoms with Crippen LogP contribution in [-0.2, 0) is 16.1 Å². The second kappa shape index (κ2) is 8.33. The van der Waals surface area contributed by atoms with E-state index in [1.54, 1.807) is 17.4 Å². The molecule has 2 aromatic carbocycles. The number of rotatable bonds is 6. The quantitative estimate of drug-likeness (QED) is 0.477. The van der Waals surface area contributed by atoms with E-state index in [0.29, 0.717) is 11.4 Å². The summed E-state index contributed by atoms with van der Waals surface area (Å²) >= 11 is 2.89. The second-order valence-corrected chi connectivity index (χ2v) is 8.10. The van der Waals surface area contributed by atoms with Gasteiger partial charge in [-0.25, -0.2) is 9.78 Å². The minimum Gasteiger partial charge on any atom is -0.451 e. The number of esters is 1. The van der Waals surface area contributed by atoms with Crippen LogP contribution in [0.1, 0.15) is 15.2 Å². The number of thiophene rings is 1. The Bertz CT molecular complexity index is 1090. The van der Waals surface area contributed by atoms with Crippen LogP contribution >= 0.6 is 22.7 Å². The zero-order valence-corrected chi connectivity index (χ0v) is 16.4. The Labute approximate surface area is 169 Å². The maximum atomic E-state index is 12.2. The van der Waals surface area contributed by atoms with Gasteiger partial charge in [-0.15, -0.1) is 22.7 Å². The third-order valence-electron chi connectivity index (χ3n) is 3.98. The fourth-order valence-electron chi connectivity index (χ4n) is 2.59. The summed E-state index contributed by atoms with van der Waals surface area (Å²) in [5.74, 6) is -0.840. The van der Waals surface area contributed by atoms with E-state index in [1.165, 1.54) is 11.3 Å². The van der Waals surface area contributed by atoms with E-state index in [-0.39, 0.29) is 12.5 Å². The molecule has 2 heterocycles. The number of ether oxygens (including phenoxy) is 1. The van der Waals surface area contributed by atoms with Crippen LogP contribution in [0.15, 0.2) is 66.7 Å². The Morgan fingerprint density at radius 2 is 1.71 bits per heavy atom. The highest BCUT2D eigenvalue weighted by Crippen LogP contribution is 2.34. The van der Waals surface area contributed by atoms with Gasteiger partial charge in [0.2, 0.25) is 0 Å². The van der Waals surface area contributed by atoms with Gasteiger partial charge in [-0.1, -0.05) is 42.5 Å². The fourth-order valence-corrected chi connectivity index (χ4v) is 4.51. The summed E-state index contributed by atoms with van der Waals surface area (Å²) in [5.41, 5.74) is 1.93. The first-order valence-electron chi connectivity index (χ1n) is 8.62. The van der Waals surface area contributed by atoms with Gasteiger partial charge in [0.25, 0.3) is 5.91 Å². The van der Waals surface area contributed by atoms with Crippen molar-refractivity contribution in [2.75, 3.05) is 6.61 Å². The highest BCUT2D eigenvalue weighted by molar-refractivity contribution is 7.26. The van der Waals surface area contributed by atoms with Crippen LogP contribution < -0.4 is 5.32 Å². The monoisotopic (exact) mass is 408 g/mol. The molecule has 0 radical (unpaired) electrons. The van der Waals surface area contributed by atoms with Crippen molar-refractivity contribution in [2.24, 2.45) is 0 Å². The van der Waals surface area contributed by atoms with Crippen molar-refractivity contribution in [3.63, 3.8) is 0 Å². The topological polar surface area (TPSA) is 68.3 Å². The molecule has 0 spiro atoms. The zero-order valence-electron chi connectivity index (χ0n) is 14.8. The lowest BCUT2D eigenvalue weighted by Crippen LogP contribution is -2.28. The van der Waals surface area contributed by atoms with Crippen molar-refractivity contribution < 1.29 is 14.3 Å². The minimum atomic E-state index is -0.507. The van der Waals surface area contributed by atoms with Crippen LogP contribution in [0.4, 0.5) is 0 Å². The van der Waals surface area contributed by atoms with E-state index in [0.717, 1.165) is 25.7 Å². The van der Waals surface area contributed by atoms with Gasteiger partial charge in [0, 0.05) is 6.54 Å². The Morgan fingerprint density at radius 3 is 2.54 bits per heavy atom. The van der Waals surface area contributed by atoms with Crippen molar-refractivity contribution in [2.45, 2.75) is 6.54 Å². The molecule has 1 amide bonds. The van der Waals surface area contributed by atoms with Crippen molar-refractivity contribution in [3.8, 4) is 9.88 Å². The molecular weight excluding hydrogens is 392 g/mol. The normalized spacial score (nSPS) is 10.7. The number of carbonyl (C=O) groups excluding carboxylic acids is 2. The first kappa shape index (κ1) is 18.3. The number of benzene rings is 2. The third kappa shape index (κ3) is 4.27. The number of hydrogen-bond acceptors (Lipinski definition) is 6. The van der Waals surface area contributed by atoms with Crippen LogP contribution in [0, 0.1) is 0 Å².